The molecule has 3 aromatic carbocycles. The zero-order valence-electron chi connectivity index (χ0n) is 20.4. The van der Waals surface area contributed by atoms with Crippen LogP contribution < -0.4 is 5.73 Å². The smallest absolute Gasteiger partial charge is 0.351 e. The van der Waals surface area contributed by atoms with E-state index < -0.39 is 59.1 Å². The third-order valence-electron chi connectivity index (χ3n) is 6.99. The molecule has 39 heavy (non-hydrogen) atoms. The van der Waals surface area contributed by atoms with Gasteiger partial charge in [0.2, 0.25) is 0 Å². The Bertz CT molecular complexity index is 1320. The minimum Gasteiger partial charge on any atom is -0.351 e. The third-order valence-corrected chi connectivity index (χ3v) is 6.99. The highest BCUT2D eigenvalue weighted by Crippen LogP contribution is 2.46. The number of nitrogens with zero attached hydrogens (tertiary/aromatic N) is 1. The second kappa shape index (κ2) is 10.9. The molecule has 1 unspecified atom stereocenters. The van der Waals surface area contributed by atoms with Crippen LogP contribution in [0, 0.1) is 11.6 Å². The normalized spacial score (nSPS) is 16.2. The van der Waals surface area contributed by atoms with Crippen molar-refractivity contribution in [3.05, 3.63) is 106 Å². The number of nitrogens with two attached hydrogens (primary N) is 1. The van der Waals surface area contributed by atoms with Crippen molar-refractivity contribution in [1.82, 2.24) is 4.90 Å². The molecule has 1 fully saturated rings. The standard InChI is InChI=1S/C28H24F8N2O/c29-20-13-18(12-19(15-20)27(31,32)33)24(17-10-11-23(30)22(14-17)28(34,35)36)25(16-6-2-1-3-7-16)38(26(37)39)21-8-4-5-9-21/h1-3,6-7,10-15,21,24-25H,4-5,8-9H2,(H2,37,39)/t24-,25?/m0/s1. The molecular weight excluding hydrogens is 532 g/mol. The Morgan fingerprint density at radius 3 is 2.00 bits per heavy atom. The van der Waals surface area contributed by atoms with Crippen LogP contribution in [0.15, 0.2) is 66.7 Å². The molecular formula is C28H24F8N2O. The van der Waals surface area contributed by atoms with Gasteiger partial charge in [0.1, 0.15) is 11.6 Å². The number of alkyl halides is 6. The molecule has 0 radical (unpaired) electrons. The van der Waals surface area contributed by atoms with Gasteiger partial charge in [0.25, 0.3) is 0 Å². The van der Waals surface area contributed by atoms with Gasteiger partial charge in [-0.3, -0.25) is 0 Å². The molecule has 0 saturated heterocycles. The molecule has 0 aliphatic heterocycles. The van der Waals surface area contributed by atoms with Crippen molar-refractivity contribution in [3.8, 4) is 0 Å². The summed E-state index contributed by atoms with van der Waals surface area (Å²) in [7, 11) is 0. The number of carbonyl (C=O) groups is 1. The average molecular weight is 556 g/mol. The minimum atomic E-state index is -5.12. The first kappa shape index (κ1) is 28.4. The van der Waals surface area contributed by atoms with Crippen molar-refractivity contribution < 1.29 is 39.9 Å². The first-order valence-electron chi connectivity index (χ1n) is 12.1. The van der Waals surface area contributed by atoms with Crippen LogP contribution in [0.3, 0.4) is 0 Å². The average Bonchev–Trinajstić information content (AvgIpc) is 3.37. The van der Waals surface area contributed by atoms with E-state index in [1.54, 1.807) is 30.3 Å². The molecule has 0 aromatic heterocycles. The van der Waals surface area contributed by atoms with Gasteiger partial charge < -0.3 is 10.6 Å². The molecule has 2 atom stereocenters. The summed E-state index contributed by atoms with van der Waals surface area (Å²) in [6.45, 7) is 0. The minimum absolute atomic E-state index is 0.263. The second-order valence-corrected chi connectivity index (χ2v) is 9.53. The Hall–Kier alpha value is -3.63. The van der Waals surface area contributed by atoms with Crippen LogP contribution in [0.4, 0.5) is 39.9 Å². The van der Waals surface area contributed by atoms with Gasteiger partial charge in [-0.25, -0.2) is 13.6 Å². The van der Waals surface area contributed by atoms with E-state index in [1.165, 1.54) is 4.90 Å². The monoisotopic (exact) mass is 556 g/mol. The van der Waals surface area contributed by atoms with Crippen molar-refractivity contribution in [2.24, 2.45) is 5.73 Å². The van der Waals surface area contributed by atoms with Crippen LogP contribution in [-0.2, 0) is 12.4 Å². The zero-order valence-corrected chi connectivity index (χ0v) is 20.4. The molecule has 0 bridgehead atoms. The summed E-state index contributed by atoms with van der Waals surface area (Å²) in [4.78, 5) is 14.1. The molecule has 4 rings (SSSR count). The summed E-state index contributed by atoms with van der Waals surface area (Å²) in [5.74, 6) is -4.33. The zero-order chi connectivity index (χ0) is 28.5. The van der Waals surface area contributed by atoms with Crippen molar-refractivity contribution in [1.29, 1.82) is 0 Å². The predicted octanol–water partition coefficient (Wildman–Crippen LogP) is 8.20. The maximum absolute atomic E-state index is 14.6. The molecule has 2 amide bonds. The highest BCUT2D eigenvalue weighted by molar-refractivity contribution is 5.73. The lowest BCUT2D eigenvalue weighted by molar-refractivity contribution is -0.140. The van der Waals surface area contributed by atoms with E-state index >= 15 is 0 Å². The number of hydrogen-bond donors (Lipinski definition) is 1. The van der Waals surface area contributed by atoms with Gasteiger partial charge in [0.15, 0.2) is 0 Å². The van der Waals surface area contributed by atoms with Crippen LogP contribution in [0.5, 0.6) is 0 Å². The number of carbonyl (C=O) groups excluding carboxylic acids is 1. The highest BCUT2D eigenvalue weighted by atomic mass is 19.4. The second-order valence-electron chi connectivity index (χ2n) is 9.53. The van der Waals surface area contributed by atoms with Gasteiger partial charge in [0.05, 0.1) is 17.2 Å². The van der Waals surface area contributed by atoms with Crippen molar-refractivity contribution >= 4 is 6.03 Å². The summed E-state index contributed by atoms with van der Waals surface area (Å²) in [5, 5.41) is 0. The van der Waals surface area contributed by atoms with Crippen LogP contribution in [0.25, 0.3) is 0 Å². The Kier molecular flexibility index (Phi) is 7.90. The van der Waals surface area contributed by atoms with Gasteiger partial charge in [-0.05, 0) is 59.9 Å². The van der Waals surface area contributed by atoms with Gasteiger partial charge in [0, 0.05) is 12.0 Å². The summed E-state index contributed by atoms with van der Waals surface area (Å²) in [6, 6.07) is 9.02. The van der Waals surface area contributed by atoms with E-state index in [4.69, 9.17) is 5.73 Å². The van der Waals surface area contributed by atoms with E-state index in [9.17, 15) is 39.9 Å². The number of rotatable bonds is 6. The largest absolute Gasteiger partial charge is 0.419 e. The van der Waals surface area contributed by atoms with Crippen molar-refractivity contribution in [2.45, 2.75) is 56.0 Å². The number of primary amides is 1. The van der Waals surface area contributed by atoms with E-state index in [-0.39, 0.29) is 17.2 Å². The fourth-order valence-corrected chi connectivity index (χ4v) is 5.36. The van der Waals surface area contributed by atoms with Crippen molar-refractivity contribution in [2.75, 3.05) is 0 Å². The third kappa shape index (κ3) is 6.17. The van der Waals surface area contributed by atoms with E-state index in [2.05, 4.69) is 0 Å². The Labute approximate surface area is 219 Å². The van der Waals surface area contributed by atoms with Crippen LogP contribution in [0.1, 0.15) is 65.5 Å². The Balaban J connectivity index is 2.05. The summed E-state index contributed by atoms with van der Waals surface area (Å²) >= 11 is 0. The van der Waals surface area contributed by atoms with Crippen molar-refractivity contribution in [3.63, 3.8) is 0 Å². The lowest BCUT2D eigenvalue weighted by Crippen LogP contribution is -2.47. The summed E-state index contributed by atoms with van der Waals surface area (Å²) in [6.07, 6.45) is -7.62. The molecule has 1 aliphatic rings. The maximum Gasteiger partial charge on any atom is 0.419 e. The molecule has 1 saturated carbocycles. The topological polar surface area (TPSA) is 46.3 Å². The lowest BCUT2D eigenvalue weighted by atomic mass is 9.79. The summed E-state index contributed by atoms with van der Waals surface area (Å²) < 4.78 is 111. The first-order chi connectivity index (χ1) is 18.3. The SMILES string of the molecule is NC(=O)N(C1CCCC1)C(c1ccccc1)[C@H](c1cc(F)cc(C(F)(F)F)c1)c1ccc(F)c(C(F)(F)F)c1. The summed E-state index contributed by atoms with van der Waals surface area (Å²) in [5.41, 5.74) is 2.53. The number of amides is 2. The maximum atomic E-state index is 14.6. The molecule has 208 valence electrons. The molecule has 0 heterocycles. The molecule has 3 nitrogen and oxygen atoms in total. The van der Waals surface area contributed by atoms with Crippen LogP contribution in [-0.4, -0.2) is 17.0 Å². The van der Waals surface area contributed by atoms with Gasteiger partial charge in [-0.2, -0.15) is 26.3 Å². The van der Waals surface area contributed by atoms with Gasteiger partial charge in [-0.1, -0.05) is 49.2 Å². The van der Waals surface area contributed by atoms with E-state index in [0.717, 1.165) is 25.0 Å². The highest BCUT2D eigenvalue weighted by Gasteiger charge is 2.41. The fourth-order valence-electron chi connectivity index (χ4n) is 5.36. The lowest BCUT2D eigenvalue weighted by Gasteiger charge is -2.41. The fraction of sp³-hybridized carbons (Fsp3) is 0.321. The molecule has 1 aliphatic carbocycles. The van der Waals surface area contributed by atoms with Gasteiger partial charge in [-0.15, -0.1) is 0 Å². The van der Waals surface area contributed by atoms with Crippen LogP contribution >= 0.6 is 0 Å². The Morgan fingerprint density at radius 1 is 0.795 bits per heavy atom. The quantitative estimate of drug-likeness (QED) is 0.306. The molecule has 0 spiro atoms. The number of benzene rings is 3. The molecule has 11 heteroatoms. The number of halogens is 8. The Morgan fingerprint density at radius 2 is 1.44 bits per heavy atom. The van der Waals surface area contributed by atoms with E-state index in [0.29, 0.717) is 36.6 Å². The predicted molar refractivity (Wildman–Crippen MR) is 128 cm³/mol. The molecule has 3 aromatic rings. The van der Waals surface area contributed by atoms with E-state index in [1.807, 2.05) is 0 Å². The van der Waals surface area contributed by atoms with Crippen LogP contribution in [0.2, 0.25) is 0 Å². The molecule has 2 N–H and O–H groups in total. The van der Waals surface area contributed by atoms with Gasteiger partial charge >= 0.3 is 18.4 Å². The number of hydrogen-bond acceptors (Lipinski definition) is 1. The first-order valence-corrected chi connectivity index (χ1v) is 12.1. The number of urea groups is 1.